The molecule has 3 heteroatoms. The quantitative estimate of drug-likeness (QED) is 0.485. The zero-order chi connectivity index (χ0) is 7.28. The molecule has 5 N–H and O–H groups in total. The maximum Gasteiger partial charge on any atom is 0.0926 e. The summed E-state index contributed by atoms with van der Waals surface area (Å²) in [4.78, 5) is 0. The number of nitrogens with two attached hydrogens (primary N) is 2. The van der Waals surface area contributed by atoms with Gasteiger partial charge in [-0.25, -0.2) is 0 Å². The van der Waals surface area contributed by atoms with Crippen molar-refractivity contribution in [1.29, 1.82) is 0 Å². The Hall–Kier alpha value is -0.540. The summed E-state index contributed by atoms with van der Waals surface area (Å²) in [5.41, 5.74) is 11.0. The smallest absolute Gasteiger partial charge is 0.0926 e. The van der Waals surface area contributed by atoms with Crippen LogP contribution in [-0.2, 0) is 0 Å². The van der Waals surface area contributed by atoms with E-state index in [1.54, 1.807) is 6.08 Å². The van der Waals surface area contributed by atoms with Crippen LogP contribution in [0.1, 0.15) is 13.3 Å². The van der Waals surface area contributed by atoms with Gasteiger partial charge < -0.3 is 16.6 Å². The van der Waals surface area contributed by atoms with E-state index in [1.807, 2.05) is 6.92 Å². The highest BCUT2D eigenvalue weighted by molar-refractivity contribution is 5.02. The van der Waals surface area contributed by atoms with Crippen LogP contribution in [0.3, 0.4) is 0 Å². The SMILES string of the molecule is CCC(O)C(N)=CCN. The van der Waals surface area contributed by atoms with E-state index < -0.39 is 6.10 Å². The van der Waals surface area contributed by atoms with E-state index in [1.165, 1.54) is 0 Å². The Labute approximate surface area is 55.3 Å². The van der Waals surface area contributed by atoms with Crippen LogP contribution in [0.25, 0.3) is 0 Å². The van der Waals surface area contributed by atoms with Crippen LogP contribution in [0.2, 0.25) is 0 Å². The van der Waals surface area contributed by atoms with Crippen molar-refractivity contribution in [2.24, 2.45) is 11.5 Å². The van der Waals surface area contributed by atoms with Crippen molar-refractivity contribution >= 4 is 0 Å². The van der Waals surface area contributed by atoms with Gasteiger partial charge in [-0.15, -0.1) is 0 Å². The van der Waals surface area contributed by atoms with Crippen LogP contribution in [0.4, 0.5) is 0 Å². The fourth-order valence-electron chi connectivity index (χ4n) is 0.508. The van der Waals surface area contributed by atoms with Crippen molar-refractivity contribution in [3.8, 4) is 0 Å². The van der Waals surface area contributed by atoms with Gasteiger partial charge in [0, 0.05) is 12.2 Å². The van der Waals surface area contributed by atoms with Crippen LogP contribution < -0.4 is 11.5 Å². The molecule has 0 rings (SSSR count). The average molecular weight is 130 g/mol. The number of hydrogen-bond donors (Lipinski definition) is 3. The van der Waals surface area contributed by atoms with E-state index in [0.717, 1.165) is 0 Å². The highest BCUT2D eigenvalue weighted by Crippen LogP contribution is 1.96. The molecule has 0 aromatic rings. The van der Waals surface area contributed by atoms with Gasteiger partial charge in [0.2, 0.25) is 0 Å². The van der Waals surface area contributed by atoms with Crippen molar-refractivity contribution < 1.29 is 5.11 Å². The highest BCUT2D eigenvalue weighted by atomic mass is 16.3. The summed E-state index contributed by atoms with van der Waals surface area (Å²) in [5, 5.41) is 9.01. The van der Waals surface area contributed by atoms with Crippen LogP contribution in [0, 0.1) is 0 Å². The minimum atomic E-state index is -0.520. The van der Waals surface area contributed by atoms with Crippen molar-refractivity contribution in [3.05, 3.63) is 11.8 Å². The average Bonchev–Trinajstić information content (AvgIpc) is 1.87. The summed E-state index contributed by atoms with van der Waals surface area (Å²) in [7, 11) is 0. The van der Waals surface area contributed by atoms with Crippen molar-refractivity contribution in [2.75, 3.05) is 6.54 Å². The molecule has 1 unspecified atom stereocenters. The predicted octanol–water partition coefficient (Wildman–Crippen LogP) is -0.441. The standard InChI is InChI=1S/C6H14N2O/c1-2-6(9)5(8)3-4-7/h3,6,9H,2,4,7-8H2,1H3. The molecule has 0 saturated heterocycles. The Balaban J connectivity index is 3.70. The minimum Gasteiger partial charge on any atom is -0.400 e. The monoisotopic (exact) mass is 130 g/mol. The van der Waals surface area contributed by atoms with Crippen molar-refractivity contribution in [1.82, 2.24) is 0 Å². The largest absolute Gasteiger partial charge is 0.400 e. The molecule has 0 spiro atoms. The van der Waals surface area contributed by atoms with E-state index in [0.29, 0.717) is 18.7 Å². The van der Waals surface area contributed by atoms with Gasteiger partial charge in [-0.05, 0) is 12.5 Å². The number of hydrogen-bond acceptors (Lipinski definition) is 3. The minimum absolute atomic E-state index is 0.392. The molecule has 9 heavy (non-hydrogen) atoms. The lowest BCUT2D eigenvalue weighted by molar-refractivity contribution is 0.204. The Kier molecular flexibility index (Phi) is 4.09. The molecule has 0 amide bonds. The van der Waals surface area contributed by atoms with Gasteiger partial charge in [0.15, 0.2) is 0 Å². The third-order valence-corrected chi connectivity index (χ3v) is 1.13. The summed E-state index contributed by atoms with van der Waals surface area (Å²) in [6.45, 7) is 2.25. The summed E-state index contributed by atoms with van der Waals surface area (Å²) < 4.78 is 0. The van der Waals surface area contributed by atoms with Crippen molar-refractivity contribution in [2.45, 2.75) is 19.4 Å². The number of rotatable bonds is 3. The Morgan fingerprint density at radius 2 is 2.33 bits per heavy atom. The molecule has 0 saturated carbocycles. The van der Waals surface area contributed by atoms with Crippen molar-refractivity contribution in [3.63, 3.8) is 0 Å². The first-order valence-corrected chi connectivity index (χ1v) is 3.06. The molecule has 54 valence electrons. The third-order valence-electron chi connectivity index (χ3n) is 1.13. The van der Waals surface area contributed by atoms with Gasteiger partial charge in [-0.1, -0.05) is 6.92 Å². The van der Waals surface area contributed by atoms with Crippen LogP contribution in [0.5, 0.6) is 0 Å². The van der Waals surface area contributed by atoms with E-state index in [2.05, 4.69) is 0 Å². The number of aliphatic hydroxyl groups is 1. The maximum absolute atomic E-state index is 9.01. The predicted molar refractivity (Wildman–Crippen MR) is 37.6 cm³/mol. The number of aliphatic hydroxyl groups excluding tert-OH is 1. The van der Waals surface area contributed by atoms with Gasteiger partial charge in [-0.3, -0.25) is 0 Å². The first kappa shape index (κ1) is 8.46. The van der Waals surface area contributed by atoms with Crippen LogP contribution in [0.15, 0.2) is 11.8 Å². The molecule has 1 atom stereocenters. The second-order valence-corrected chi connectivity index (χ2v) is 1.86. The first-order chi connectivity index (χ1) is 4.22. The molecular formula is C6H14N2O. The highest BCUT2D eigenvalue weighted by Gasteiger charge is 2.00. The fraction of sp³-hybridized carbons (Fsp3) is 0.667. The van der Waals surface area contributed by atoms with E-state index in [4.69, 9.17) is 16.6 Å². The maximum atomic E-state index is 9.01. The summed E-state index contributed by atoms with van der Waals surface area (Å²) in [5.74, 6) is 0. The third kappa shape index (κ3) is 3.11. The summed E-state index contributed by atoms with van der Waals surface area (Å²) >= 11 is 0. The van der Waals surface area contributed by atoms with Gasteiger partial charge in [0.25, 0.3) is 0 Å². The zero-order valence-corrected chi connectivity index (χ0v) is 5.67. The summed E-state index contributed by atoms with van der Waals surface area (Å²) in [6.07, 6.45) is 1.74. The van der Waals surface area contributed by atoms with E-state index in [9.17, 15) is 0 Å². The lowest BCUT2D eigenvalue weighted by Crippen LogP contribution is -2.17. The van der Waals surface area contributed by atoms with Crippen LogP contribution in [-0.4, -0.2) is 17.8 Å². The Bertz CT molecular complexity index is 101. The first-order valence-electron chi connectivity index (χ1n) is 3.06. The lowest BCUT2D eigenvalue weighted by Gasteiger charge is -2.06. The lowest BCUT2D eigenvalue weighted by atomic mass is 10.2. The Morgan fingerprint density at radius 3 is 2.67 bits per heavy atom. The molecule has 0 aromatic carbocycles. The van der Waals surface area contributed by atoms with Gasteiger partial charge in [0.1, 0.15) is 0 Å². The zero-order valence-electron chi connectivity index (χ0n) is 5.67. The molecular weight excluding hydrogens is 116 g/mol. The van der Waals surface area contributed by atoms with E-state index in [-0.39, 0.29) is 0 Å². The van der Waals surface area contributed by atoms with Crippen LogP contribution >= 0.6 is 0 Å². The van der Waals surface area contributed by atoms with E-state index >= 15 is 0 Å². The van der Waals surface area contributed by atoms with Gasteiger partial charge in [0.05, 0.1) is 6.10 Å². The molecule has 0 fully saturated rings. The molecule has 0 aromatic heterocycles. The topological polar surface area (TPSA) is 72.3 Å². The van der Waals surface area contributed by atoms with Gasteiger partial charge in [-0.2, -0.15) is 0 Å². The molecule has 0 aliphatic heterocycles. The fourth-order valence-corrected chi connectivity index (χ4v) is 0.508. The second kappa shape index (κ2) is 4.35. The second-order valence-electron chi connectivity index (χ2n) is 1.86. The summed E-state index contributed by atoms with van der Waals surface area (Å²) in [6, 6.07) is 0. The molecule has 0 aliphatic carbocycles. The normalized spacial score (nSPS) is 15.7. The Morgan fingerprint density at radius 1 is 1.78 bits per heavy atom. The molecule has 0 heterocycles. The molecule has 0 radical (unpaired) electrons. The molecule has 0 aliphatic rings. The molecule has 0 bridgehead atoms. The molecule has 3 nitrogen and oxygen atoms in total. The van der Waals surface area contributed by atoms with Gasteiger partial charge >= 0.3 is 0 Å².